The third-order valence-corrected chi connectivity index (χ3v) is 8.14. The van der Waals surface area contributed by atoms with E-state index in [1.165, 1.54) is 0 Å². The Kier molecular flexibility index (Phi) is 10.9. The Morgan fingerprint density at radius 3 is 2.26 bits per heavy atom. The van der Waals surface area contributed by atoms with Crippen molar-refractivity contribution < 1.29 is 19.5 Å². The number of hydrogen-bond acceptors (Lipinski definition) is 6. The number of aromatic hydroxyl groups is 1. The van der Waals surface area contributed by atoms with E-state index in [-0.39, 0.29) is 23.5 Å². The fourth-order valence-electron chi connectivity index (χ4n) is 5.67. The Hall–Kier alpha value is -4.21. The number of nitrogens with zero attached hydrogens (tertiary/aromatic N) is 1. The number of phenols is 1. The second-order valence-electron chi connectivity index (χ2n) is 11.4. The van der Waals surface area contributed by atoms with Gasteiger partial charge in [-0.2, -0.15) is 0 Å². The Morgan fingerprint density at radius 1 is 0.907 bits per heavy atom. The van der Waals surface area contributed by atoms with E-state index < -0.39 is 18.1 Å². The second-order valence-corrected chi connectivity index (χ2v) is 11.4. The van der Waals surface area contributed by atoms with Crippen LogP contribution in [0.15, 0.2) is 66.7 Å². The number of unbranched alkanes of at least 4 members (excludes halogenated alkanes) is 1. The van der Waals surface area contributed by atoms with E-state index in [9.17, 15) is 19.5 Å². The van der Waals surface area contributed by atoms with Crippen LogP contribution in [-0.2, 0) is 40.3 Å². The molecule has 43 heavy (non-hydrogen) atoms. The molecule has 3 aromatic carbocycles. The van der Waals surface area contributed by atoms with Crippen molar-refractivity contribution in [2.24, 2.45) is 11.5 Å². The Balaban J connectivity index is 1.31. The lowest BCUT2D eigenvalue weighted by Crippen LogP contribution is -2.56. The van der Waals surface area contributed by atoms with Gasteiger partial charge in [0, 0.05) is 26.1 Å². The Bertz CT molecular complexity index is 1400. The number of aryl methyl sites for hydroxylation is 2. The molecule has 3 unspecified atom stereocenters. The lowest BCUT2D eigenvalue weighted by molar-refractivity contribution is -0.142. The zero-order valence-corrected chi connectivity index (χ0v) is 25.0. The number of carbonyl (C=O) groups excluding carboxylic acids is 3. The molecule has 3 amide bonds. The first-order chi connectivity index (χ1) is 20.6. The summed E-state index contributed by atoms with van der Waals surface area (Å²) < 4.78 is 0. The van der Waals surface area contributed by atoms with Gasteiger partial charge in [-0.05, 0) is 85.0 Å². The first kappa shape index (κ1) is 31.7. The Labute approximate surface area is 253 Å². The lowest BCUT2D eigenvalue weighted by atomic mass is 9.91. The molecule has 9 heteroatoms. The van der Waals surface area contributed by atoms with Crippen LogP contribution in [0, 0.1) is 13.8 Å². The molecule has 1 aliphatic heterocycles. The van der Waals surface area contributed by atoms with E-state index in [4.69, 9.17) is 11.5 Å². The highest BCUT2D eigenvalue weighted by molar-refractivity contribution is 5.90. The van der Waals surface area contributed by atoms with Gasteiger partial charge in [-0.1, -0.05) is 54.6 Å². The molecule has 228 valence electrons. The highest BCUT2D eigenvalue weighted by atomic mass is 16.3. The largest absolute Gasteiger partial charge is 0.508 e. The van der Waals surface area contributed by atoms with Crippen molar-refractivity contribution in [3.63, 3.8) is 0 Å². The molecule has 0 fully saturated rings. The van der Waals surface area contributed by atoms with Crippen LogP contribution in [-0.4, -0.2) is 52.4 Å². The van der Waals surface area contributed by atoms with Crippen LogP contribution in [0.4, 0.5) is 0 Å². The predicted octanol–water partition coefficient (Wildman–Crippen LogP) is 2.76. The molecule has 0 radical (unpaired) electrons. The summed E-state index contributed by atoms with van der Waals surface area (Å²) in [5.74, 6) is -0.528. The molecule has 4 rings (SSSR count). The molecule has 3 atom stereocenters. The van der Waals surface area contributed by atoms with Crippen molar-refractivity contribution in [3.8, 4) is 5.75 Å². The van der Waals surface area contributed by atoms with Crippen LogP contribution in [0.2, 0.25) is 0 Å². The number of nitrogens with one attached hydrogen (secondary N) is 2. The summed E-state index contributed by atoms with van der Waals surface area (Å²) in [6.07, 6.45) is 2.55. The summed E-state index contributed by atoms with van der Waals surface area (Å²) in [6, 6.07) is 18.7. The van der Waals surface area contributed by atoms with E-state index in [1.54, 1.807) is 17.0 Å². The number of amides is 3. The number of carbonyl (C=O) groups is 3. The summed E-state index contributed by atoms with van der Waals surface area (Å²) >= 11 is 0. The molecule has 0 aliphatic carbocycles. The van der Waals surface area contributed by atoms with Gasteiger partial charge in [0.15, 0.2) is 0 Å². The molecule has 0 aromatic heterocycles. The van der Waals surface area contributed by atoms with Crippen molar-refractivity contribution >= 4 is 17.7 Å². The topological polar surface area (TPSA) is 151 Å². The second kappa shape index (κ2) is 14.8. The molecule has 1 aliphatic rings. The van der Waals surface area contributed by atoms with E-state index in [1.807, 2.05) is 68.4 Å². The van der Waals surface area contributed by atoms with Gasteiger partial charge in [0.1, 0.15) is 11.8 Å². The number of rotatable bonds is 12. The predicted molar refractivity (Wildman–Crippen MR) is 167 cm³/mol. The average molecular weight is 586 g/mol. The molecule has 0 spiro atoms. The molecule has 7 N–H and O–H groups in total. The van der Waals surface area contributed by atoms with Gasteiger partial charge in [-0.3, -0.25) is 14.4 Å². The first-order valence-corrected chi connectivity index (χ1v) is 14.9. The molecular formula is C34H43N5O4. The van der Waals surface area contributed by atoms with Gasteiger partial charge >= 0.3 is 0 Å². The number of fused-ring (bicyclic) bond motifs is 1. The zero-order valence-electron chi connectivity index (χ0n) is 25.0. The van der Waals surface area contributed by atoms with Crippen LogP contribution in [0.5, 0.6) is 5.75 Å². The average Bonchev–Trinajstić information content (AvgIpc) is 3.00. The number of nitrogens with two attached hydrogens (primary N) is 2. The molecule has 3 aromatic rings. The molecule has 1 heterocycles. The molecule has 9 nitrogen and oxygen atoms in total. The first-order valence-electron chi connectivity index (χ1n) is 14.9. The molecule has 0 saturated heterocycles. The lowest BCUT2D eigenvalue weighted by Gasteiger charge is -2.37. The quantitative estimate of drug-likeness (QED) is 0.206. The van der Waals surface area contributed by atoms with Gasteiger partial charge in [-0.25, -0.2) is 0 Å². The minimum Gasteiger partial charge on any atom is -0.508 e. The summed E-state index contributed by atoms with van der Waals surface area (Å²) in [7, 11) is 0. The third-order valence-electron chi connectivity index (χ3n) is 8.14. The third kappa shape index (κ3) is 8.43. The van der Waals surface area contributed by atoms with E-state index >= 15 is 0 Å². The summed E-state index contributed by atoms with van der Waals surface area (Å²) in [5, 5.41) is 15.7. The Morgan fingerprint density at radius 2 is 1.56 bits per heavy atom. The van der Waals surface area contributed by atoms with Gasteiger partial charge in [0.25, 0.3) is 0 Å². The van der Waals surface area contributed by atoms with Gasteiger partial charge in [0.2, 0.25) is 17.7 Å². The fraction of sp³-hybridized carbons (Fsp3) is 0.382. The summed E-state index contributed by atoms with van der Waals surface area (Å²) in [5.41, 5.74) is 18.2. The van der Waals surface area contributed by atoms with Gasteiger partial charge < -0.3 is 32.1 Å². The molecular weight excluding hydrogens is 542 g/mol. The highest BCUT2D eigenvalue weighted by Crippen LogP contribution is 2.26. The van der Waals surface area contributed by atoms with Crippen LogP contribution in [0.1, 0.15) is 52.6 Å². The van der Waals surface area contributed by atoms with Crippen LogP contribution < -0.4 is 22.1 Å². The fourth-order valence-corrected chi connectivity index (χ4v) is 5.67. The van der Waals surface area contributed by atoms with Crippen molar-refractivity contribution in [3.05, 3.63) is 100 Å². The normalized spacial score (nSPS) is 15.7. The minimum absolute atomic E-state index is 0.177. The van der Waals surface area contributed by atoms with Gasteiger partial charge in [-0.15, -0.1) is 0 Å². The van der Waals surface area contributed by atoms with E-state index in [2.05, 4.69) is 10.6 Å². The van der Waals surface area contributed by atoms with Crippen molar-refractivity contribution in [2.75, 3.05) is 6.54 Å². The zero-order chi connectivity index (χ0) is 30.9. The van der Waals surface area contributed by atoms with Crippen LogP contribution >= 0.6 is 0 Å². The molecule has 0 bridgehead atoms. The van der Waals surface area contributed by atoms with Crippen molar-refractivity contribution in [1.29, 1.82) is 0 Å². The van der Waals surface area contributed by atoms with Crippen LogP contribution in [0.3, 0.4) is 0 Å². The maximum absolute atomic E-state index is 13.7. The number of benzene rings is 3. The maximum Gasteiger partial charge on any atom is 0.243 e. The van der Waals surface area contributed by atoms with E-state index in [0.29, 0.717) is 51.7 Å². The SMILES string of the molecule is Cc1cc(O)cc(C)c1CC(N)C(=O)N1Cc2ccccc2CC1C(=O)NCCCCC(N)C(=O)NCc1ccccc1. The number of phenolic OH excluding ortho intramolecular Hbond substituents is 1. The summed E-state index contributed by atoms with van der Waals surface area (Å²) in [6.45, 7) is 4.92. The smallest absolute Gasteiger partial charge is 0.243 e. The van der Waals surface area contributed by atoms with Crippen molar-refractivity contribution in [1.82, 2.24) is 15.5 Å². The van der Waals surface area contributed by atoms with Gasteiger partial charge in [0.05, 0.1) is 12.1 Å². The number of hydrogen-bond donors (Lipinski definition) is 5. The molecule has 0 saturated carbocycles. The van der Waals surface area contributed by atoms with E-state index in [0.717, 1.165) is 33.4 Å². The highest BCUT2D eigenvalue weighted by Gasteiger charge is 2.36. The standard InChI is InChI=1S/C34H43N5O4/c1-22-16-27(40)17-23(2)28(22)19-30(36)34(43)39-21-26-13-7-6-12-25(26)18-31(39)33(42)37-15-9-8-14-29(35)32(41)38-20-24-10-4-3-5-11-24/h3-7,10-13,16-17,29-31,40H,8-9,14-15,18-21,35-36H2,1-2H3,(H,37,42)(H,38,41). The monoisotopic (exact) mass is 585 g/mol. The van der Waals surface area contributed by atoms with Crippen molar-refractivity contribution in [2.45, 2.75) is 77.2 Å². The summed E-state index contributed by atoms with van der Waals surface area (Å²) in [4.78, 5) is 41.1. The maximum atomic E-state index is 13.7. The van der Waals surface area contributed by atoms with Crippen LogP contribution in [0.25, 0.3) is 0 Å². The minimum atomic E-state index is -0.836.